The molecular formula is C9H19O6PS. The Morgan fingerprint density at radius 1 is 1.18 bits per heavy atom. The van der Waals surface area contributed by atoms with Crippen molar-refractivity contribution in [3.63, 3.8) is 0 Å². The van der Waals surface area contributed by atoms with Crippen LogP contribution in [0, 0.1) is 5.92 Å². The summed E-state index contributed by atoms with van der Waals surface area (Å²) >= 11 is 0. The van der Waals surface area contributed by atoms with Crippen LogP contribution in [0.5, 0.6) is 0 Å². The Labute approximate surface area is 102 Å². The number of phosphoric ester groups is 1. The zero-order chi connectivity index (χ0) is 12.9. The fourth-order valence-electron chi connectivity index (χ4n) is 2.08. The molecule has 0 aromatic heterocycles. The molecule has 0 radical (unpaired) electrons. The van der Waals surface area contributed by atoms with Crippen molar-refractivity contribution in [2.24, 2.45) is 5.92 Å². The lowest BCUT2D eigenvalue weighted by atomic mass is 9.91. The molecule has 0 amide bonds. The van der Waals surface area contributed by atoms with Crippen LogP contribution in [0.25, 0.3) is 0 Å². The largest absolute Gasteiger partial charge is 0.469 e. The van der Waals surface area contributed by atoms with Gasteiger partial charge in [-0.1, -0.05) is 19.3 Å². The highest BCUT2D eigenvalue weighted by atomic mass is 32.2. The van der Waals surface area contributed by atoms with Gasteiger partial charge in [0.2, 0.25) is 0 Å². The van der Waals surface area contributed by atoms with Gasteiger partial charge < -0.3 is 9.79 Å². The van der Waals surface area contributed by atoms with Gasteiger partial charge in [0.1, 0.15) is 0 Å². The smallest absolute Gasteiger partial charge is 0.303 e. The predicted molar refractivity (Wildman–Crippen MR) is 63.2 cm³/mol. The minimum Gasteiger partial charge on any atom is -0.303 e. The lowest BCUT2D eigenvalue weighted by Crippen LogP contribution is -2.22. The second kappa shape index (κ2) is 6.29. The molecule has 1 rings (SSSR count). The molecule has 0 bridgehead atoms. The molecule has 1 aliphatic rings. The lowest BCUT2D eigenvalue weighted by Gasteiger charge is -2.21. The highest BCUT2D eigenvalue weighted by molar-refractivity contribution is 7.91. The van der Waals surface area contributed by atoms with Gasteiger partial charge in [-0.25, -0.2) is 13.0 Å². The average molecular weight is 286 g/mol. The second-order valence-electron chi connectivity index (χ2n) is 4.44. The van der Waals surface area contributed by atoms with E-state index in [0.717, 1.165) is 32.1 Å². The third-order valence-corrected chi connectivity index (χ3v) is 5.16. The summed E-state index contributed by atoms with van der Waals surface area (Å²) in [7, 11) is -7.83. The molecule has 2 N–H and O–H groups in total. The van der Waals surface area contributed by atoms with Crippen LogP contribution < -0.4 is 0 Å². The normalized spacial score (nSPS) is 19.4. The molecule has 1 fully saturated rings. The molecule has 1 aliphatic carbocycles. The van der Waals surface area contributed by atoms with E-state index in [4.69, 9.17) is 9.79 Å². The van der Waals surface area contributed by atoms with E-state index in [2.05, 4.69) is 4.52 Å². The van der Waals surface area contributed by atoms with Gasteiger partial charge in [-0.3, -0.25) is 4.52 Å². The van der Waals surface area contributed by atoms with Crippen LogP contribution in [0.1, 0.15) is 32.1 Å². The van der Waals surface area contributed by atoms with E-state index in [1.807, 2.05) is 0 Å². The summed E-state index contributed by atoms with van der Waals surface area (Å²) in [5.74, 6) is -0.0182. The maximum atomic E-state index is 11.7. The van der Waals surface area contributed by atoms with E-state index < -0.39 is 24.3 Å². The second-order valence-corrected chi connectivity index (χ2v) is 7.91. The van der Waals surface area contributed by atoms with E-state index in [9.17, 15) is 13.0 Å². The first-order chi connectivity index (χ1) is 7.79. The molecule has 102 valence electrons. The molecule has 6 nitrogen and oxygen atoms in total. The minimum absolute atomic E-state index is 0.109. The summed E-state index contributed by atoms with van der Waals surface area (Å²) in [5.41, 5.74) is 0. The summed E-state index contributed by atoms with van der Waals surface area (Å²) in [6, 6.07) is 0. The summed E-state index contributed by atoms with van der Waals surface area (Å²) in [6.07, 6.45) is 5.16. The molecule has 8 heteroatoms. The number of phosphoric acid groups is 1. The van der Waals surface area contributed by atoms with Crippen LogP contribution in [-0.2, 0) is 18.9 Å². The zero-order valence-corrected chi connectivity index (χ0v) is 11.3. The quantitative estimate of drug-likeness (QED) is 0.709. The highest BCUT2D eigenvalue weighted by Crippen LogP contribution is 2.35. The Hall–Kier alpha value is 0.0600. The maximum Gasteiger partial charge on any atom is 0.469 e. The molecule has 0 aromatic rings. The van der Waals surface area contributed by atoms with Crippen molar-refractivity contribution in [3.8, 4) is 0 Å². The molecule has 0 heterocycles. The van der Waals surface area contributed by atoms with Crippen LogP contribution in [0.2, 0.25) is 0 Å². The standard InChI is InChI=1S/C9H19O6PS/c10-16(11,12)15-6-7-17(13,14)8-9-4-2-1-3-5-9/h9H,1-8H2,(H2,10,11,12). The zero-order valence-electron chi connectivity index (χ0n) is 9.62. The molecule has 1 saturated carbocycles. The Balaban J connectivity index is 2.32. The van der Waals surface area contributed by atoms with Crippen molar-refractivity contribution in [1.82, 2.24) is 0 Å². The van der Waals surface area contributed by atoms with Crippen molar-refractivity contribution in [2.45, 2.75) is 32.1 Å². The average Bonchev–Trinajstić information content (AvgIpc) is 2.15. The van der Waals surface area contributed by atoms with Gasteiger partial charge in [-0.05, 0) is 18.8 Å². The van der Waals surface area contributed by atoms with Crippen molar-refractivity contribution < 1.29 is 27.3 Å². The van der Waals surface area contributed by atoms with Gasteiger partial charge in [-0.15, -0.1) is 0 Å². The highest BCUT2D eigenvalue weighted by Gasteiger charge is 2.22. The van der Waals surface area contributed by atoms with Crippen molar-refractivity contribution >= 4 is 17.7 Å². The predicted octanol–water partition coefficient (Wildman–Crippen LogP) is 1.09. The van der Waals surface area contributed by atoms with Gasteiger partial charge >= 0.3 is 7.82 Å². The van der Waals surface area contributed by atoms with Crippen LogP contribution >= 0.6 is 7.82 Å². The number of hydrogen-bond acceptors (Lipinski definition) is 4. The van der Waals surface area contributed by atoms with E-state index in [0.29, 0.717) is 0 Å². The molecule has 0 aliphatic heterocycles. The van der Waals surface area contributed by atoms with E-state index in [1.54, 1.807) is 0 Å². The lowest BCUT2D eigenvalue weighted by molar-refractivity contribution is 0.207. The SMILES string of the molecule is O=P(O)(O)OCCS(=O)(=O)CC1CCCCC1. The van der Waals surface area contributed by atoms with Crippen molar-refractivity contribution in [3.05, 3.63) is 0 Å². The summed E-state index contributed by atoms with van der Waals surface area (Å²) in [4.78, 5) is 16.9. The summed E-state index contributed by atoms with van der Waals surface area (Å²) in [6.45, 7) is -0.445. The van der Waals surface area contributed by atoms with Crippen molar-refractivity contribution in [2.75, 3.05) is 18.1 Å². The number of sulfone groups is 1. The van der Waals surface area contributed by atoms with E-state index in [1.165, 1.54) is 0 Å². The van der Waals surface area contributed by atoms with Crippen LogP contribution in [0.15, 0.2) is 0 Å². The molecule has 0 spiro atoms. The first-order valence-corrected chi connectivity index (χ1v) is 9.04. The maximum absolute atomic E-state index is 11.7. The summed E-state index contributed by atoms with van der Waals surface area (Å²) in [5, 5.41) is 0. The molecule has 0 unspecified atom stereocenters. The van der Waals surface area contributed by atoms with Gasteiger partial charge in [-0.2, -0.15) is 0 Å². The summed E-state index contributed by atoms with van der Waals surface area (Å²) < 4.78 is 37.8. The van der Waals surface area contributed by atoms with E-state index in [-0.39, 0.29) is 17.4 Å². The van der Waals surface area contributed by atoms with Gasteiger partial charge in [0.05, 0.1) is 18.1 Å². The first kappa shape index (κ1) is 15.1. The monoisotopic (exact) mass is 286 g/mol. The van der Waals surface area contributed by atoms with E-state index >= 15 is 0 Å². The van der Waals surface area contributed by atoms with Crippen LogP contribution in [-0.4, -0.2) is 36.3 Å². The number of hydrogen-bond donors (Lipinski definition) is 2. The van der Waals surface area contributed by atoms with Crippen molar-refractivity contribution in [1.29, 1.82) is 0 Å². The molecular weight excluding hydrogens is 267 g/mol. The Bertz CT molecular complexity index is 367. The first-order valence-electron chi connectivity index (χ1n) is 5.69. The van der Waals surface area contributed by atoms with Gasteiger partial charge in [0.25, 0.3) is 0 Å². The third kappa shape index (κ3) is 7.16. The molecule has 17 heavy (non-hydrogen) atoms. The Morgan fingerprint density at radius 2 is 1.76 bits per heavy atom. The minimum atomic E-state index is -4.56. The van der Waals surface area contributed by atoms with Crippen LogP contribution in [0.4, 0.5) is 0 Å². The molecule has 0 saturated heterocycles. The molecule has 0 atom stereocenters. The van der Waals surface area contributed by atoms with Gasteiger partial charge in [0.15, 0.2) is 9.84 Å². The third-order valence-electron chi connectivity index (χ3n) is 2.87. The van der Waals surface area contributed by atoms with Gasteiger partial charge in [0, 0.05) is 0 Å². The fraction of sp³-hybridized carbons (Fsp3) is 1.00. The van der Waals surface area contributed by atoms with Crippen LogP contribution in [0.3, 0.4) is 0 Å². The topological polar surface area (TPSA) is 101 Å². The Kier molecular flexibility index (Phi) is 5.60. The Morgan fingerprint density at radius 3 is 2.29 bits per heavy atom. The number of rotatable bonds is 6. The fourth-order valence-corrected chi connectivity index (χ4v) is 4.09. The molecule has 0 aromatic carbocycles.